The first-order chi connectivity index (χ1) is 8.17. The fraction of sp³-hybridized carbons (Fsp3) is 0.333. The number of rotatable bonds is 5. The smallest absolute Gasteiger partial charge is 0.224 e. The Morgan fingerprint density at radius 3 is 2.82 bits per heavy atom. The molecule has 1 amide bonds. The lowest BCUT2D eigenvalue weighted by atomic mass is 10.2. The van der Waals surface area contributed by atoms with Gasteiger partial charge in [-0.1, -0.05) is 0 Å². The molecule has 1 aromatic carbocycles. The third-order valence-electron chi connectivity index (χ3n) is 2.16. The molecule has 0 heterocycles. The van der Waals surface area contributed by atoms with Gasteiger partial charge in [0, 0.05) is 16.8 Å². The summed E-state index contributed by atoms with van der Waals surface area (Å²) in [6, 6.07) is 7.08. The zero-order valence-electron chi connectivity index (χ0n) is 9.17. The van der Waals surface area contributed by atoms with E-state index < -0.39 is 0 Å². The topological polar surface area (TPSA) is 52.9 Å². The molecule has 1 N–H and O–H groups in total. The van der Waals surface area contributed by atoms with Crippen molar-refractivity contribution in [2.45, 2.75) is 19.3 Å². The monoisotopic (exact) mass is 314 g/mol. The SMILES string of the molecule is N#Cc1ccc(NC(=O)CCCCCl)c(Br)c1. The van der Waals surface area contributed by atoms with Crippen molar-refractivity contribution >= 4 is 39.1 Å². The molecule has 0 saturated heterocycles. The van der Waals surface area contributed by atoms with E-state index >= 15 is 0 Å². The highest BCUT2D eigenvalue weighted by Crippen LogP contribution is 2.23. The van der Waals surface area contributed by atoms with Gasteiger partial charge in [0.25, 0.3) is 0 Å². The highest BCUT2D eigenvalue weighted by molar-refractivity contribution is 9.10. The Labute approximate surface area is 114 Å². The summed E-state index contributed by atoms with van der Waals surface area (Å²) < 4.78 is 0.710. The molecule has 3 nitrogen and oxygen atoms in total. The van der Waals surface area contributed by atoms with E-state index in [4.69, 9.17) is 16.9 Å². The van der Waals surface area contributed by atoms with Crippen LogP contribution in [0.4, 0.5) is 5.69 Å². The summed E-state index contributed by atoms with van der Waals surface area (Å²) in [5.41, 5.74) is 1.23. The Morgan fingerprint density at radius 1 is 1.47 bits per heavy atom. The van der Waals surface area contributed by atoms with Crippen molar-refractivity contribution in [1.29, 1.82) is 5.26 Å². The number of benzene rings is 1. The van der Waals surface area contributed by atoms with Crippen molar-refractivity contribution in [1.82, 2.24) is 0 Å². The Hall–Kier alpha value is -1.05. The minimum absolute atomic E-state index is 0.0412. The summed E-state index contributed by atoms with van der Waals surface area (Å²) in [4.78, 5) is 11.6. The van der Waals surface area contributed by atoms with Crippen LogP contribution in [0.3, 0.4) is 0 Å². The molecule has 0 aliphatic carbocycles. The molecule has 90 valence electrons. The standard InChI is InChI=1S/C12H12BrClN2O/c13-10-7-9(8-15)4-5-11(10)16-12(17)3-1-2-6-14/h4-5,7H,1-3,6H2,(H,16,17). The quantitative estimate of drug-likeness (QED) is 0.666. The average Bonchev–Trinajstić information content (AvgIpc) is 2.32. The molecule has 0 unspecified atom stereocenters. The minimum atomic E-state index is -0.0412. The van der Waals surface area contributed by atoms with Crippen molar-refractivity contribution in [2.24, 2.45) is 0 Å². The largest absolute Gasteiger partial charge is 0.325 e. The van der Waals surface area contributed by atoms with Crippen LogP contribution in [-0.4, -0.2) is 11.8 Å². The Kier molecular flexibility index (Phi) is 6.03. The third kappa shape index (κ3) is 4.76. The van der Waals surface area contributed by atoms with E-state index in [1.54, 1.807) is 18.2 Å². The molecule has 0 saturated carbocycles. The van der Waals surface area contributed by atoms with Crippen LogP contribution in [0.2, 0.25) is 0 Å². The van der Waals surface area contributed by atoms with E-state index in [-0.39, 0.29) is 5.91 Å². The predicted molar refractivity (Wildman–Crippen MR) is 72.1 cm³/mol. The first-order valence-corrected chi connectivity index (χ1v) is 6.55. The van der Waals surface area contributed by atoms with Crippen LogP contribution in [0.5, 0.6) is 0 Å². The number of nitrogens with one attached hydrogen (secondary N) is 1. The zero-order chi connectivity index (χ0) is 12.7. The number of anilines is 1. The summed E-state index contributed by atoms with van der Waals surface area (Å²) in [7, 11) is 0. The first kappa shape index (κ1) is 14.0. The maximum atomic E-state index is 11.6. The Morgan fingerprint density at radius 2 is 2.24 bits per heavy atom. The molecule has 0 spiro atoms. The van der Waals surface area contributed by atoms with E-state index in [2.05, 4.69) is 21.2 Å². The lowest BCUT2D eigenvalue weighted by molar-refractivity contribution is -0.116. The molecule has 5 heteroatoms. The Bertz CT molecular complexity index is 443. The van der Waals surface area contributed by atoms with Crippen LogP contribution in [-0.2, 0) is 4.79 Å². The van der Waals surface area contributed by atoms with E-state index in [1.165, 1.54) is 0 Å². The third-order valence-corrected chi connectivity index (χ3v) is 3.08. The summed E-state index contributed by atoms with van der Waals surface area (Å²) in [6.45, 7) is 0. The lowest BCUT2D eigenvalue weighted by Gasteiger charge is -2.07. The molecule has 1 rings (SSSR count). The van der Waals surface area contributed by atoms with Gasteiger partial charge in [-0.05, 0) is 47.0 Å². The van der Waals surface area contributed by atoms with Gasteiger partial charge in [0.15, 0.2) is 0 Å². The molecule has 17 heavy (non-hydrogen) atoms. The number of amides is 1. The second-order valence-corrected chi connectivity index (χ2v) is 4.73. The maximum absolute atomic E-state index is 11.6. The van der Waals surface area contributed by atoms with Gasteiger partial charge >= 0.3 is 0 Å². The van der Waals surface area contributed by atoms with Crippen LogP contribution in [0, 0.1) is 11.3 Å². The van der Waals surface area contributed by atoms with Gasteiger partial charge in [0.1, 0.15) is 0 Å². The Balaban J connectivity index is 2.57. The number of hydrogen-bond donors (Lipinski definition) is 1. The molecular formula is C12H12BrClN2O. The van der Waals surface area contributed by atoms with Crippen LogP contribution < -0.4 is 5.32 Å². The predicted octanol–water partition coefficient (Wildman–Crippen LogP) is 3.67. The number of unbranched alkanes of at least 4 members (excludes halogenated alkanes) is 1. The van der Waals surface area contributed by atoms with Crippen molar-refractivity contribution in [3.05, 3.63) is 28.2 Å². The summed E-state index contributed by atoms with van der Waals surface area (Å²) >= 11 is 8.85. The summed E-state index contributed by atoms with van der Waals surface area (Å²) in [5, 5.41) is 11.5. The van der Waals surface area contributed by atoms with Crippen molar-refractivity contribution in [2.75, 3.05) is 11.2 Å². The fourth-order valence-electron chi connectivity index (χ4n) is 1.28. The van der Waals surface area contributed by atoms with E-state index in [0.717, 1.165) is 12.8 Å². The normalized spacial score (nSPS) is 9.71. The van der Waals surface area contributed by atoms with Crippen LogP contribution in [0.1, 0.15) is 24.8 Å². The first-order valence-electron chi connectivity index (χ1n) is 5.23. The number of nitriles is 1. The van der Waals surface area contributed by atoms with Gasteiger partial charge in [-0.15, -0.1) is 11.6 Å². The molecule has 0 aliphatic rings. The van der Waals surface area contributed by atoms with E-state index in [9.17, 15) is 4.79 Å². The molecule has 0 aromatic heterocycles. The van der Waals surface area contributed by atoms with Crippen molar-refractivity contribution < 1.29 is 4.79 Å². The second-order valence-electron chi connectivity index (χ2n) is 3.50. The number of nitrogens with zero attached hydrogens (tertiary/aromatic N) is 1. The van der Waals surface area contributed by atoms with Gasteiger partial charge in [0.2, 0.25) is 5.91 Å². The second kappa shape index (κ2) is 7.31. The van der Waals surface area contributed by atoms with Gasteiger partial charge in [-0.25, -0.2) is 0 Å². The molecule has 0 fully saturated rings. The number of hydrogen-bond acceptors (Lipinski definition) is 2. The van der Waals surface area contributed by atoms with Crippen molar-refractivity contribution in [3.8, 4) is 6.07 Å². The van der Waals surface area contributed by atoms with E-state index in [1.807, 2.05) is 6.07 Å². The van der Waals surface area contributed by atoms with Gasteiger partial charge in [-0.2, -0.15) is 5.26 Å². The zero-order valence-corrected chi connectivity index (χ0v) is 11.5. The average molecular weight is 316 g/mol. The highest BCUT2D eigenvalue weighted by Gasteiger charge is 2.06. The molecule has 0 bridgehead atoms. The van der Waals surface area contributed by atoms with Crippen LogP contribution in [0.15, 0.2) is 22.7 Å². The minimum Gasteiger partial charge on any atom is -0.325 e. The number of alkyl halides is 1. The summed E-state index contributed by atoms with van der Waals surface area (Å²) in [5.74, 6) is 0.536. The number of halogens is 2. The van der Waals surface area contributed by atoms with Gasteiger partial charge in [-0.3, -0.25) is 4.79 Å². The fourth-order valence-corrected chi connectivity index (χ4v) is 1.95. The maximum Gasteiger partial charge on any atom is 0.224 e. The molecule has 1 aromatic rings. The highest BCUT2D eigenvalue weighted by atomic mass is 79.9. The number of carbonyl (C=O) groups excluding carboxylic acids is 1. The number of carbonyl (C=O) groups is 1. The molecule has 0 atom stereocenters. The molecule has 0 radical (unpaired) electrons. The van der Waals surface area contributed by atoms with Crippen LogP contribution >= 0.6 is 27.5 Å². The van der Waals surface area contributed by atoms with E-state index in [0.29, 0.717) is 28.0 Å². The van der Waals surface area contributed by atoms with Crippen molar-refractivity contribution in [3.63, 3.8) is 0 Å². The van der Waals surface area contributed by atoms with Gasteiger partial charge < -0.3 is 5.32 Å². The lowest BCUT2D eigenvalue weighted by Crippen LogP contribution is -2.11. The van der Waals surface area contributed by atoms with Gasteiger partial charge in [0.05, 0.1) is 17.3 Å². The summed E-state index contributed by atoms with van der Waals surface area (Å²) in [6.07, 6.45) is 2.08. The molecular weight excluding hydrogens is 304 g/mol. The van der Waals surface area contributed by atoms with Crippen LogP contribution in [0.25, 0.3) is 0 Å². The molecule has 0 aliphatic heterocycles.